The SMILES string of the molecule is O=C(Nc1ccc2c(c1)CCO2)c1ccc2nc[nH]c2c1. The van der Waals surface area contributed by atoms with Gasteiger partial charge >= 0.3 is 0 Å². The minimum atomic E-state index is -0.134. The lowest BCUT2D eigenvalue weighted by atomic mass is 10.1. The Balaban J connectivity index is 1.60. The Morgan fingerprint density at radius 3 is 3.14 bits per heavy atom. The number of rotatable bonds is 2. The fourth-order valence-corrected chi connectivity index (χ4v) is 2.54. The Kier molecular flexibility index (Phi) is 2.64. The lowest BCUT2D eigenvalue weighted by molar-refractivity contribution is 0.102. The van der Waals surface area contributed by atoms with E-state index < -0.39 is 0 Å². The van der Waals surface area contributed by atoms with Crippen LogP contribution in [0, 0.1) is 0 Å². The van der Waals surface area contributed by atoms with Crippen LogP contribution in [-0.2, 0) is 6.42 Å². The Morgan fingerprint density at radius 2 is 2.19 bits per heavy atom. The summed E-state index contributed by atoms with van der Waals surface area (Å²) in [6.45, 7) is 0.712. The van der Waals surface area contributed by atoms with Crippen molar-refractivity contribution in [3.05, 3.63) is 53.9 Å². The molecule has 5 heteroatoms. The maximum Gasteiger partial charge on any atom is 0.255 e. The van der Waals surface area contributed by atoms with Crippen LogP contribution >= 0.6 is 0 Å². The van der Waals surface area contributed by atoms with E-state index in [9.17, 15) is 4.79 Å². The number of fused-ring (bicyclic) bond motifs is 2. The second kappa shape index (κ2) is 4.63. The number of nitrogens with zero attached hydrogens (tertiary/aromatic N) is 1. The van der Waals surface area contributed by atoms with E-state index in [0.29, 0.717) is 12.2 Å². The van der Waals surface area contributed by atoms with E-state index in [1.54, 1.807) is 18.5 Å². The van der Waals surface area contributed by atoms with Gasteiger partial charge in [0.25, 0.3) is 5.91 Å². The smallest absolute Gasteiger partial charge is 0.255 e. The number of carbonyl (C=O) groups excluding carboxylic acids is 1. The van der Waals surface area contributed by atoms with Crippen LogP contribution in [0.3, 0.4) is 0 Å². The summed E-state index contributed by atoms with van der Waals surface area (Å²) in [6.07, 6.45) is 2.51. The van der Waals surface area contributed by atoms with Gasteiger partial charge in [0.2, 0.25) is 0 Å². The number of imidazole rings is 1. The standard InChI is InChI=1S/C16H13N3O2/c20-16(11-1-3-13-14(8-11)18-9-17-13)19-12-2-4-15-10(7-12)5-6-21-15/h1-4,7-9H,5-6H2,(H,17,18)(H,19,20). The van der Waals surface area contributed by atoms with Gasteiger partial charge in [0.05, 0.1) is 24.0 Å². The summed E-state index contributed by atoms with van der Waals surface area (Å²) in [5.41, 5.74) is 4.22. The molecule has 0 unspecified atom stereocenters. The molecule has 0 atom stereocenters. The van der Waals surface area contributed by atoms with Crippen LogP contribution in [0.1, 0.15) is 15.9 Å². The van der Waals surface area contributed by atoms with Crippen molar-refractivity contribution < 1.29 is 9.53 Å². The summed E-state index contributed by atoms with van der Waals surface area (Å²) in [7, 11) is 0. The summed E-state index contributed by atoms with van der Waals surface area (Å²) in [4.78, 5) is 19.4. The highest BCUT2D eigenvalue weighted by molar-refractivity contribution is 6.06. The molecule has 0 bridgehead atoms. The molecule has 0 aliphatic carbocycles. The first kappa shape index (κ1) is 12.0. The summed E-state index contributed by atoms with van der Waals surface area (Å²) in [5, 5.41) is 2.92. The van der Waals surface area contributed by atoms with Gasteiger partial charge in [0.1, 0.15) is 5.75 Å². The Hall–Kier alpha value is -2.82. The molecule has 3 aromatic rings. The van der Waals surface area contributed by atoms with Crippen molar-refractivity contribution in [2.24, 2.45) is 0 Å². The molecular formula is C16H13N3O2. The number of amides is 1. The maximum absolute atomic E-state index is 12.3. The van der Waals surface area contributed by atoms with Crippen LogP contribution in [0.5, 0.6) is 5.75 Å². The van der Waals surface area contributed by atoms with E-state index in [4.69, 9.17) is 4.74 Å². The molecular weight excluding hydrogens is 266 g/mol. The predicted molar refractivity (Wildman–Crippen MR) is 79.7 cm³/mol. The van der Waals surface area contributed by atoms with Crippen molar-refractivity contribution >= 4 is 22.6 Å². The minimum Gasteiger partial charge on any atom is -0.493 e. The summed E-state index contributed by atoms with van der Waals surface area (Å²) >= 11 is 0. The van der Waals surface area contributed by atoms with Gasteiger partial charge in [-0.1, -0.05) is 0 Å². The van der Waals surface area contributed by atoms with Gasteiger partial charge in [-0.25, -0.2) is 4.98 Å². The number of anilines is 1. The zero-order valence-corrected chi connectivity index (χ0v) is 11.2. The third-order valence-electron chi connectivity index (χ3n) is 3.63. The minimum absolute atomic E-state index is 0.134. The Morgan fingerprint density at radius 1 is 1.24 bits per heavy atom. The molecule has 5 nitrogen and oxygen atoms in total. The number of H-pyrrole nitrogens is 1. The van der Waals surface area contributed by atoms with Crippen molar-refractivity contribution in [1.29, 1.82) is 0 Å². The summed E-state index contributed by atoms with van der Waals surface area (Å²) in [5.74, 6) is 0.775. The van der Waals surface area contributed by atoms with Crippen LogP contribution in [-0.4, -0.2) is 22.5 Å². The van der Waals surface area contributed by atoms with Gasteiger partial charge in [0, 0.05) is 17.7 Å². The lowest BCUT2D eigenvalue weighted by Crippen LogP contribution is -2.11. The molecule has 2 N–H and O–H groups in total. The predicted octanol–water partition coefficient (Wildman–Crippen LogP) is 2.75. The Bertz CT molecular complexity index is 838. The van der Waals surface area contributed by atoms with Crippen LogP contribution in [0.25, 0.3) is 11.0 Å². The molecule has 0 saturated heterocycles. The first-order valence-corrected chi connectivity index (χ1v) is 6.80. The number of carbonyl (C=O) groups is 1. The molecule has 0 spiro atoms. The molecule has 0 fully saturated rings. The number of hydrogen-bond acceptors (Lipinski definition) is 3. The highest BCUT2D eigenvalue weighted by atomic mass is 16.5. The van der Waals surface area contributed by atoms with Gasteiger partial charge in [-0.3, -0.25) is 4.79 Å². The molecule has 0 saturated carbocycles. The second-order valence-corrected chi connectivity index (χ2v) is 5.01. The van der Waals surface area contributed by atoms with E-state index in [1.165, 1.54) is 0 Å². The molecule has 21 heavy (non-hydrogen) atoms. The van der Waals surface area contributed by atoms with Crippen LogP contribution in [0.2, 0.25) is 0 Å². The fraction of sp³-hybridized carbons (Fsp3) is 0.125. The zero-order valence-electron chi connectivity index (χ0n) is 11.2. The van der Waals surface area contributed by atoms with Crippen molar-refractivity contribution in [2.75, 3.05) is 11.9 Å². The van der Waals surface area contributed by atoms with Crippen LogP contribution in [0.4, 0.5) is 5.69 Å². The van der Waals surface area contributed by atoms with Crippen molar-refractivity contribution in [3.63, 3.8) is 0 Å². The number of aromatic amines is 1. The quantitative estimate of drug-likeness (QED) is 0.758. The third-order valence-corrected chi connectivity index (χ3v) is 3.63. The molecule has 1 aromatic heterocycles. The largest absolute Gasteiger partial charge is 0.493 e. The van der Waals surface area contributed by atoms with Gasteiger partial charge in [-0.15, -0.1) is 0 Å². The van der Waals surface area contributed by atoms with Crippen molar-refractivity contribution in [3.8, 4) is 5.75 Å². The molecule has 0 radical (unpaired) electrons. The van der Waals surface area contributed by atoms with Gasteiger partial charge in [0.15, 0.2) is 0 Å². The molecule has 104 valence electrons. The highest BCUT2D eigenvalue weighted by Gasteiger charge is 2.13. The molecule has 2 heterocycles. The number of ether oxygens (including phenoxy) is 1. The van der Waals surface area contributed by atoms with Gasteiger partial charge in [-0.05, 0) is 42.0 Å². The third kappa shape index (κ3) is 2.12. The number of aromatic nitrogens is 2. The lowest BCUT2D eigenvalue weighted by Gasteiger charge is -2.07. The normalized spacial score (nSPS) is 13.0. The first-order chi connectivity index (χ1) is 10.3. The fourth-order valence-electron chi connectivity index (χ4n) is 2.54. The topological polar surface area (TPSA) is 67.0 Å². The first-order valence-electron chi connectivity index (χ1n) is 6.80. The maximum atomic E-state index is 12.3. The highest BCUT2D eigenvalue weighted by Crippen LogP contribution is 2.28. The second-order valence-electron chi connectivity index (χ2n) is 5.01. The van der Waals surface area contributed by atoms with E-state index in [2.05, 4.69) is 15.3 Å². The van der Waals surface area contributed by atoms with E-state index in [-0.39, 0.29) is 5.91 Å². The average Bonchev–Trinajstić information content (AvgIpc) is 3.14. The molecule has 2 aromatic carbocycles. The van der Waals surface area contributed by atoms with Crippen molar-refractivity contribution in [1.82, 2.24) is 9.97 Å². The van der Waals surface area contributed by atoms with E-state index in [1.807, 2.05) is 24.3 Å². The van der Waals surface area contributed by atoms with Crippen molar-refractivity contribution in [2.45, 2.75) is 6.42 Å². The Labute approximate surface area is 121 Å². The molecule has 1 amide bonds. The van der Waals surface area contributed by atoms with E-state index in [0.717, 1.165) is 34.5 Å². The van der Waals surface area contributed by atoms with Gasteiger partial charge in [-0.2, -0.15) is 0 Å². The average molecular weight is 279 g/mol. The van der Waals surface area contributed by atoms with E-state index >= 15 is 0 Å². The van der Waals surface area contributed by atoms with Crippen LogP contribution in [0.15, 0.2) is 42.7 Å². The summed E-state index contributed by atoms with van der Waals surface area (Å²) < 4.78 is 5.46. The molecule has 1 aliphatic heterocycles. The molecule has 4 rings (SSSR count). The van der Waals surface area contributed by atoms with Gasteiger partial charge < -0.3 is 15.0 Å². The molecule has 1 aliphatic rings. The number of hydrogen-bond donors (Lipinski definition) is 2. The monoisotopic (exact) mass is 279 g/mol. The zero-order chi connectivity index (χ0) is 14.2. The number of benzene rings is 2. The number of nitrogens with one attached hydrogen (secondary N) is 2. The van der Waals surface area contributed by atoms with Crippen LogP contribution < -0.4 is 10.1 Å². The summed E-state index contributed by atoms with van der Waals surface area (Å²) in [6, 6.07) is 11.1.